The molecule has 1 saturated heterocycles. The quantitative estimate of drug-likeness (QED) is 0.942. The first-order valence-corrected chi connectivity index (χ1v) is 8.49. The van der Waals surface area contributed by atoms with Crippen LogP contribution in [0.15, 0.2) is 21.9 Å². The first-order chi connectivity index (χ1) is 10.2. The fourth-order valence-electron chi connectivity index (χ4n) is 3.03. The molecule has 0 amide bonds. The number of hydrogen-bond donors (Lipinski definition) is 1. The van der Waals surface area contributed by atoms with Crippen LogP contribution < -0.4 is 5.73 Å². The number of hydrogen-bond acceptors (Lipinski definition) is 5. The van der Waals surface area contributed by atoms with Crippen LogP contribution in [0, 0.1) is 12.8 Å². The number of thiophene rings is 1. The van der Waals surface area contributed by atoms with Crippen molar-refractivity contribution in [3.63, 3.8) is 0 Å². The van der Waals surface area contributed by atoms with E-state index in [1.807, 2.05) is 24.4 Å². The highest BCUT2D eigenvalue weighted by Gasteiger charge is 2.26. The van der Waals surface area contributed by atoms with Gasteiger partial charge in [0.15, 0.2) is 0 Å². The SMILES string of the molecule is Cc1oc(-c2cccs2)nc1CN1CCC(C)CC1CN. The second kappa shape index (κ2) is 6.30. The van der Waals surface area contributed by atoms with Gasteiger partial charge in [0.1, 0.15) is 5.76 Å². The van der Waals surface area contributed by atoms with E-state index in [2.05, 4.69) is 11.8 Å². The number of aromatic nitrogens is 1. The van der Waals surface area contributed by atoms with Crippen LogP contribution in [0.1, 0.15) is 31.2 Å². The summed E-state index contributed by atoms with van der Waals surface area (Å²) in [6, 6.07) is 4.54. The molecule has 1 aliphatic heterocycles. The van der Waals surface area contributed by atoms with E-state index in [0.29, 0.717) is 6.04 Å². The third kappa shape index (κ3) is 3.20. The Bertz CT molecular complexity index is 578. The molecule has 3 heterocycles. The monoisotopic (exact) mass is 305 g/mol. The van der Waals surface area contributed by atoms with E-state index in [0.717, 1.165) is 47.8 Å². The van der Waals surface area contributed by atoms with E-state index in [1.54, 1.807) is 11.3 Å². The zero-order valence-corrected chi connectivity index (χ0v) is 13.5. The van der Waals surface area contributed by atoms with E-state index in [-0.39, 0.29) is 0 Å². The summed E-state index contributed by atoms with van der Waals surface area (Å²) in [6.07, 6.45) is 2.43. The molecule has 5 heteroatoms. The molecule has 4 nitrogen and oxygen atoms in total. The fraction of sp³-hybridized carbons (Fsp3) is 0.562. The molecular formula is C16H23N3OS. The van der Waals surface area contributed by atoms with Gasteiger partial charge in [-0.15, -0.1) is 11.3 Å². The molecule has 2 aromatic heterocycles. The Kier molecular flexibility index (Phi) is 4.42. The summed E-state index contributed by atoms with van der Waals surface area (Å²) < 4.78 is 5.83. The van der Waals surface area contributed by atoms with Crippen molar-refractivity contribution in [2.75, 3.05) is 13.1 Å². The lowest BCUT2D eigenvalue weighted by Gasteiger charge is -2.37. The normalized spacial score (nSPS) is 23.6. The van der Waals surface area contributed by atoms with Gasteiger partial charge in [0.25, 0.3) is 0 Å². The number of nitrogens with zero attached hydrogens (tertiary/aromatic N) is 2. The molecule has 114 valence electrons. The van der Waals surface area contributed by atoms with Crippen LogP contribution in [0.25, 0.3) is 10.8 Å². The van der Waals surface area contributed by atoms with Crippen molar-refractivity contribution in [1.82, 2.24) is 9.88 Å². The Morgan fingerprint density at radius 2 is 2.38 bits per heavy atom. The van der Waals surface area contributed by atoms with E-state index >= 15 is 0 Å². The van der Waals surface area contributed by atoms with Gasteiger partial charge in [0, 0.05) is 19.1 Å². The molecule has 3 rings (SSSR count). The molecule has 21 heavy (non-hydrogen) atoms. The molecule has 0 aliphatic carbocycles. The molecule has 0 radical (unpaired) electrons. The molecule has 2 N–H and O–H groups in total. The predicted octanol–water partition coefficient (Wildman–Crippen LogP) is 3.27. The van der Waals surface area contributed by atoms with E-state index in [4.69, 9.17) is 15.1 Å². The number of nitrogens with two attached hydrogens (primary N) is 1. The first kappa shape index (κ1) is 14.8. The number of piperidine rings is 1. The van der Waals surface area contributed by atoms with Crippen LogP contribution in [0.4, 0.5) is 0 Å². The van der Waals surface area contributed by atoms with Gasteiger partial charge in [-0.05, 0) is 43.7 Å². The van der Waals surface area contributed by atoms with Gasteiger partial charge in [-0.2, -0.15) is 0 Å². The van der Waals surface area contributed by atoms with Crippen molar-refractivity contribution >= 4 is 11.3 Å². The highest BCUT2D eigenvalue weighted by Crippen LogP contribution is 2.28. The second-order valence-electron chi connectivity index (χ2n) is 5.99. The number of aryl methyl sites for hydroxylation is 1. The summed E-state index contributed by atoms with van der Waals surface area (Å²) in [5.41, 5.74) is 6.99. The largest absolute Gasteiger partial charge is 0.440 e. The number of likely N-dealkylation sites (tertiary alicyclic amines) is 1. The molecule has 2 aromatic rings. The predicted molar refractivity (Wildman–Crippen MR) is 86.2 cm³/mol. The topological polar surface area (TPSA) is 55.3 Å². The highest BCUT2D eigenvalue weighted by molar-refractivity contribution is 7.13. The molecule has 1 aliphatic rings. The molecule has 0 spiro atoms. The summed E-state index contributed by atoms with van der Waals surface area (Å²) in [7, 11) is 0. The number of rotatable bonds is 4. The smallest absolute Gasteiger partial charge is 0.236 e. The zero-order chi connectivity index (χ0) is 14.8. The molecule has 0 aromatic carbocycles. The molecule has 0 bridgehead atoms. The van der Waals surface area contributed by atoms with E-state index in [9.17, 15) is 0 Å². The van der Waals surface area contributed by atoms with Crippen LogP contribution in [-0.4, -0.2) is 29.0 Å². The van der Waals surface area contributed by atoms with Gasteiger partial charge in [-0.1, -0.05) is 13.0 Å². The van der Waals surface area contributed by atoms with Gasteiger partial charge >= 0.3 is 0 Å². The van der Waals surface area contributed by atoms with E-state index in [1.165, 1.54) is 12.8 Å². The zero-order valence-electron chi connectivity index (χ0n) is 12.7. The van der Waals surface area contributed by atoms with Crippen LogP contribution in [0.3, 0.4) is 0 Å². The van der Waals surface area contributed by atoms with Gasteiger partial charge < -0.3 is 10.2 Å². The third-order valence-corrected chi connectivity index (χ3v) is 5.21. The summed E-state index contributed by atoms with van der Waals surface area (Å²) in [5, 5.41) is 2.05. The maximum Gasteiger partial charge on any atom is 0.236 e. The second-order valence-corrected chi connectivity index (χ2v) is 6.94. The van der Waals surface area contributed by atoms with Crippen molar-refractivity contribution in [2.45, 2.75) is 39.3 Å². The first-order valence-electron chi connectivity index (χ1n) is 7.61. The maximum atomic E-state index is 5.95. The molecule has 2 atom stereocenters. The Balaban J connectivity index is 1.75. The lowest BCUT2D eigenvalue weighted by Crippen LogP contribution is -2.45. The summed E-state index contributed by atoms with van der Waals surface area (Å²) in [6.45, 7) is 6.98. The maximum absolute atomic E-state index is 5.95. The minimum Gasteiger partial charge on any atom is -0.440 e. The molecule has 2 unspecified atom stereocenters. The summed E-state index contributed by atoms with van der Waals surface area (Å²) >= 11 is 1.66. The summed E-state index contributed by atoms with van der Waals surface area (Å²) in [4.78, 5) is 8.25. The molecule has 1 fully saturated rings. The Morgan fingerprint density at radius 1 is 1.52 bits per heavy atom. The van der Waals surface area contributed by atoms with Crippen molar-refractivity contribution in [1.29, 1.82) is 0 Å². The van der Waals surface area contributed by atoms with Crippen LogP contribution in [-0.2, 0) is 6.54 Å². The standard InChI is InChI=1S/C16H23N3OS/c1-11-5-6-19(13(8-11)9-17)10-14-12(2)20-16(18-14)15-4-3-7-21-15/h3-4,7,11,13H,5-6,8-10,17H2,1-2H3. The van der Waals surface area contributed by atoms with Gasteiger partial charge in [0.2, 0.25) is 5.89 Å². The molecule has 0 saturated carbocycles. The Morgan fingerprint density at radius 3 is 3.10 bits per heavy atom. The van der Waals surface area contributed by atoms with Crippen molar-refractivity contribution in [3.05, 3.63) is 29.0 Å². The number of oxazole rings is 1. The highest BCUT2D eigenvalue weighted by atomic mass is 32.1. The average Bonchev–Trinajstić information content (AvgIpc) is 3.11. The fourth-order valence-corrected chi connectivity index (χ4v) is 3.68. The molecular weight excluding hydrogens is 282 g/mol. The van der Waals surface area contributed by atoms with Crippen LogP contribution in [0.5, 0.6) is 0 Å². The third-order valence-electron chi connectivity index (χ3n) is 4.35. The van der Waals surface area contributed by atoms with Gasteiger partial charge in [-0.3, -0.25) is 4.90 Å². The van der Waals surface area contributed by atoms with Crippen molar-refractivity contribution < 1.29 is 4.42 Å². The lowest BCUT2D eigenvalue weighted by atomic mass is 9.92. The lowest BCUT2D eigenvalue weighted by molar-refractivity contribution is 0.113. The van der Waals surface area contributed by atoms with Gasteiger partial charge in [0.05, 0.1) is 10.6 Å². The summed E-state index contributed by atoms with van der Waals surface area (Å²) in [5.74, 6) is 2.44. The average molecular weight is 305 g/mol. The van der Waals surface area contributed by atoms with Crippen molar-refractivity contribution in [3.8, 4) is 10.8 Å². The van der Waals surface area contributed by atoms with Crippen molar-refractivity contribution in [2.24, 2.45) is 11.7 Å². The Labute approximate surface area is 130 Å². The van der Waals surface area contributed by atoms with Crippen LogP contribution >= 0.6 is 11.3 Å². The van der Waals surface area contributed by atoms with Crippen LogP contribution in [0.2, 0.25) is 0 Å². The minimum absolute atomic E-state index is 0.468. The van der Waals surface area contributed by atoms with Gasteiger partial charge in [-0.25, -0.2) is 4.98 Å². The van der Waals surface area contributed by atoms with E-state index < -0.39 is 0 Å². The minimum atomic E-state index is 0.468. The Hall–Kier alpha value is -1.17.